The van der Waals surface area contributed by atoms with Gasteiger partial charge in [-0.2, -0.15) is 0 Å². The van der Waals surface area contributed by atoms with E-state index in [1.807, 2.05) is 19.1 Å². The fourth-order valence-corrected chi connectivity index (χ4v) is 2.27. The lowest BCUT2D eigenvalue weighted by Crippen LogP contribution is -2.21. The van der Waals surface area contributed by atoms with Gasteiger partial charge in [-0.1, -0.05) is 6.92 Å². The highest BCUT2D eigenvalue weighted by atomic mass is 19.1. The predicted molar refractivity (Wildman–Crippen MR) is 75.3 cm³/mol. The number of rotatable bonds is 6. The van der Waals surface area contributed by atoms with Crippen LogP contribution >= 0.6 is 0 Å². The zero-order chi connectivity index (χ0) is 14.4. The third-order valence-corrected chi connectivity index (χ3v) is 3.21. The van der Waals surface area contributed by atoms with Gasteiger partial charge in [-0.15, -0.1) is 0 Å². The monoisotopic (exact) mass is 276 g/mol. The molecule has 1 aromatic heterocycles. The highest BCUT2D eigenvalue weighted by Crippen LogP contribution is 2.21. The largest absolute Gasteiger partial charge is 0.310 e. The van der Waals surface area contributed by atoms with Crippen LogP contribution in [0, 0.1) is 11.6 Å². The number of benzene rings is 1. The van der Waals surface area contributed by atoms with E-state index < -0.39 is 11.6 Å². The molecule has 0 saturated heterocycles. The maximum atomic E-state index is 13.3. The number of aromatic nitrogens is 1. The Morgan fingerprint density at radius 2 is 1.75 bits per heavy atom. The van der Waals surface area contributed by atoms with Crippen LogP contribution < -0.4 is 5.32 Å². The normalized spacial score (nSPS) is 12.3. The van der Waals surface area contributed by atoms with Crippen LogP contribution in [-0.4, -0.2) is 11.5 Å². The van der Waals surface area contributed by atoms with Crippen LogP contribution in [0.25, 0.3) is 0 Å². The average molecular weight is 276 g/mol. The van der Waals surface area contributed by atoms with Crippen molar-refractivity contribution in [2.24, 2.45) is 0 Å². The zero-order valence-electron chi connectivity index (χ0n) is 11.4. The molecule has 0 radical (unpaired) electrons. The average Bonchev–Trinajstić information content (AvgIpc) is 2.43. The number of nitrogens with one attached hydrogen (secondary N) is 1. The van der Waals surface area contributed by atoms with Crippen molar-refractivity contribution in [2.45, 2.75) is 25.8 Å². The lowest BCUT2D eigenvalue weighted by atomic mass is 9.99. The molecule has 0 bridgehead atoms. The van der Waals surface area contributed by atoms with Gasteiger partial charge in [0.05, 0.1) is 0 Å². The molecule has 0 amide bonds. The topological polar surface area (TPSA) is 24.9 Å². The molecule has 20 heavy (non-hydrogen) atoms. The van der Waals surface area contributed by atoms with Gasteiger partial charge in [0, 0.05) is 24.5 Å². The molecule has 1 unspecified atom stereocenters. The minimum atomic E-state index is -0.535. The van der Waals surface area contributed by atoms with E-state index in [0.717, 1.165) is 25.5 Å². The van der Waals surface area contributed by atoms with E-state index in [4.69, 9.17) is 0 Å². The second kappa shape index (κ2) is 7.10. The van der Waals surface area contributed by atoms with Crippen molar-refractivity contribution in [3.05, 3.63) is 65.5 Å². The van der Waals surface area contributed by atoms with Crippen LogP contribution in [0.2, 0.25) is 0 Å². The summed E-state index contributed by atoms with van der Waals surface area (Å²) >= 11 is 0. The van der Waals surface area contributed by atoms with Crippen LogP contribution in [0.4, 0.5) is 8.78 Å². The molecule has 1 aromatic carbocycles. The summed E-state index contributed by atoms with van der Waals surface area (Å²) in [7, 11) is 0. The molecular formula is C16H18F2N2. The number of halogens is 2. The SMILES string of the molecule is CCNC(CCc1ccncc1)c1cc(F)cc(F)c1. The van der Waals surface area contributed by atoms with Gasteiger partial charge in [0.15, 0.2) is 0 Å². The Hall–Kier alpha value is -1.81. The second-order valence-electron chi connectivity index (χ2n) is 4.71. The van der Waals surface area contributed by atoms with E-state index in [1.165, 1.54) is 17.7 Å². The first-order valence-electron chi connectivity index (χ1n) is 6.77. The van der Waals surface area contributed by atoms with Gasteiger partial charge in [0.2, 0.25) is 0 Å². The smallest absolute Gasteiger partial charge is 0.126 e. The van der Waals surface area contributed by atoms with Crippen molar-refractivity contribution in [3.8, 4) is 0 Å². The number of hydrogen-bond acceptors (Lipinski definition) is 2. The molecule has 0 fully saturated rings. The van der Waals surface area contributed by atoms with E-state index in [1.54, 1.807) is 12.4 Å². The van der Waals surface area contributed by atoms with E-state index in [9.17, 15) is 8.78 Å². The van der Waals surface area contributed by atoms with Gasteiger partial charge in [-0.25, -0.2) is 8.78 Å². The van der Waals surface area contributed by atoms with E-state index in [2.05, 4.69) is 10.3 Å². The fourth-order valence-electron chi connectivity index (χ4n) is 2.27. The quantitative estimate of drug-likeness (QED) is 0.871. The maximum absolute atomic E-state index is 13.3. The van der Waals surface area contributed by atoms with Gasteiger partial charge in [0.25, 0.3) is 0 Å². The molecule has 0 spiro atoms. The molecule has 0 saturated carbocycles. The fraction of sp³-hybridized carbons (Fsp3) is 0.312. The molecule has 106 valence electrons. The highest BCUT2D eigenvalue weighted by Gasteiger charge is 2.12. The third-order valence-electron chi connectivity index (χ3n) is 3.21. The molecule has 1 atom stereocenters. The van der Waals surface area contributed by atoms with Crippen LogP contribution in [0.1, 0.15) is 30.5 Å². The van der Waals surface area contributed by atoms with Crippen molar-refractivity contribution in [1.29, 1.82) is 0 Å². The summed E-state index contributed by atoms with van der Waals surface area (Å²) in [6, 6.07) is 7.53. The number of pyridine rings is 1. The van der Waals surface area contributed by atoms with Gasteiger partial charge in [-0.3, -0.25) is 4.98 Å². The Balaban J connectivity index is 2.10. The van der Waals surface area contributed by atoms with Crippen molar-refractivity contribution >= 4 is 0 Å². The summed E-state index contributed by atoms with van der Waals surface area (Å²) in [6.45, 7) is 2.73. The highest BCUT2D eigenvalue weighted by molar-refractivity contribution is 5.22. The van der Waals surface area contributed by atoms with E-state index >= 15 is 0 Å². The summed E-state index contributed by atoms with van der Waals surface area (Å²) in [5, 5.41) is 3.27. The van der Waals surface area contributed by atoms with Crippen LogP contribution in [0.5, 0.6) is 0 Å². The number of hydrogen-bond donors (Lipinski definition) is 1. The molecule has 0 aliphatic rings. The van der Waals surface area contributed by atoms with Gasteiger partial charge in [-0.05, 0) is 54.8 Å². The van der Waals surface area contributed by atoms with Gasteiger partial charge >= 0.3 is 0 Å². The molecule has 2 nitrogen and oxygen atoms in total. The maximum Gasteiger partial charge on any atom is 0.126 e. The summed E-state index contributed by atoms with van der Waals surface area (Å²) in [6.07, 6.45) is 5.11. The first kappa shape index (κ1) is 14.6. The van der Waals surface area contributed by atoms with Crippen molar-refractivity contribution in [1.82, 2.24) is 10.3 Å². The Labute approximate surface area is 117 Å². The first-order chi connectivity index (χ1) is 9.69. The van der Waals surface area contributed by atoms with E-state index in [-0.39, 0.29) is 6.04 Å². The standard InChI is InChI=1S/C16H18F2N2/c1-2-20-16(4-3-12-5-7-19-8-6-12)13-9-14(17)11-15(18)10-13/h5-11,16,20H,2-4H2,1H3. The zero-order valence-corrected chi connectivity index (χ0v) is 11.4. The minimum absolute atomic E-state index is 0.0571. The van der Waals surface area contributed by atoms with Crippen molar-refractivity contribution in [2.75, 3.05) is 6.54 Å². The Bertz CT molecular complexity index is 523. The molecule has 2 rings (SSSR count). The third kappa shape index (κ3) is 4.10. The summed E-state index contributed by atoms with van der Waals surface area (Å²) in [5.41, 5.74) is 1.82. The summed E-state index contributed by atoms with van der Waals surface area (Å²) in [5.74, 6) is -1.07. The van der Waals surface area contributed by atoms with Crippen LogP contribution in [0.15, 0.2) is 42.7 Å². The van der Waals surface area contributed by atoms with Crippen molar-refractivity contribution in [3.63, 3.8) is 0 Å². The number of nitrogens with zero attached hydrogens (tertiary/aromatic N) is 1. The molecular weight excluding hydrogens is 258 g/mol. The molecule has 0 aliphatic carbocycles. The van der Waals surface area contributed by atoms with Crippen LogP contribution in [0.3, 0.4) is 0 Å². The molecule has 2 aromatic rings. The van der Waals surface area contributed by atoms with Crippen LogP contribution in [-0.2, 0) is 6.42 Å². The second-order valence-corrected chi connectivity index (χ2v) is 4.71. The van der Waals surface area contributed by atoms with Gasteiger partial charge in [0.1, 0.15) is 11.6 Å². The Kier molecular flexibility index (Phi) is 5.18. The Morgan fingerprint density at radius 1 is 1.10 bits per heavy atom. The lowest BCUT2D eigenvalue weighted by molar-refractivity contribution is 0.503. The van der Waals surface area contributed by atoms with Crippen molar-refractivity contribution < 1.29 is 8.78 Å². The molecule has 1 heterocycles. The Morgan fingerprint density at radius 3 is 2.35 bits per heavy atom. The molecule has 0 aliphatic heterocycles. The lowest BCUT2D eigenvalue weighted by Gasteiger charge is -2.18. The molecule has 4 heteroatoms. The predicted octanol–water partition coefficient (Wildman–Crippen LogP) is 3.64. The summed E-state index contributed by atoms with van der Waals surface area (Å²) < 4.78 is 26.6. The van der Waals surface area contributed by atoms with Gasteiger partial charge < -0.3 is 5.32 Å². The minimum Gasteiger partial charge on any atom is -0.310 e. The number of aryl methyl sites for hydroxylation is 1. The first-order valence-corrected chi connectivity index (χ1v) is 6.77. The summed E-state index contributed by atoms with van der Waals surface area (Å²) in [4.78, 5) is 3.98. The van der Waals surface area contributed by atoms with E-state index in [0.29, 0.717) is 5.56 Å². The molecule has 1 N–H and O–H groups in total.